The zero-order chi connectivity index (χ0) is 13.4. The Morgan fingerprint density at radius 1 is 1.06 bits per heavy atom. The molecular formula is C16H28N2. The van der Waals surface area contributed by atoms with Gasteiger partial charge in [0.15, 0.2) is 0 Å². The zero-order valence-corrected chi connectivity index (χ0v) is 12.4. The summed E-state index contributed by atoms with van der Waals surface area (Å²) in [5, 5.41) is 3.56. The van der Waals surface area contributed by atoms with Crippen molar-refractivity contribution in [1.29, 1.82) is 0 Å². The highest BCUT2D eigenvalue weighted by Gasteiger charge is 2.02. The standard InChI is InChI=1S/C16H28N2/c1-5-18(6-2)12-8-11-17-13-16-14(3)9-7-10-15(16)4/h7,9-10,17H,5-6,8,11-13H2,1-4H3. The van der Waals surface area contributed by atoms with Crippen molar-refractivity contribution >= 4 is 0 Å². The van der Waals surface area contributed by atoms with Crippen LogP contribution in [0, 0.1) is 13.8 Å². The summed E-state index contributed by atoms with van der Waals surface area (Å²) in [4.78, 5) is 2.47. The van der Waals surface area contributed by atoms with Crippen LogP contribution in [0.15, 0.2) is 18.2 Å². The van der Waals surface area contributed by atoms with Crippen LogP contribution < -0.4 is 5.32 Å². The molecule has 1 aromatic rings. The van der Waals surface area contributed by atoms with Crippen molar-refractivity contribution in [3.8, 4) is 0 Å². The van der Waals surface area contributed by atoms with Gasteiger partial charge in [-0.3, -0.25) is 0 Å². The average molecular weight is 248 g/mol. The zero-order valence-electron chi connectivity index (χ0n) is 12.4. The lowest BCUT2D eigenvalue weighted by molar-refractivity contribution is 0.298. The van der Waals surface area contributed by atoms with Crippen molar-refractivity contribution in [2.45, 2.75) is 40.7 Å². The third-order valence-corrected chi connectivity index (χ3v) is 3.67. The summed E-state index contributed by atoms with van der Waals surface area (Å²) >= 11 is 0. The number of hydrogen-bond donors (Lipinski definition) is 1. The van der Waals surface area contributed by atoms with Crippen LogP contribution in [0.3, 0.4) is 0 Å². The highest BCUT2D eigenvalue weighted by molar-refractivity contribution is 5.33. The van der Waals surface area contributed by atoms with Crippen LogP contribution in [0.25, 0.3) is 0 Å². The van der Waals surface area contributed by atoms with Gasteiger partial charge in [0.1, 0.15) is 0 Å². The number of nitrogens with one attached hydrogen (secondary N) is 1. The second-order valence-corrected chi connectivity index (χ2v) is 4.93. The predicted molar refractivity (Wildman–Crippen MR) is 80.0 cm³/mol. The normalized spacial score (nSPS) is 11.2. The van der Waals surface area contributed by atoms with Crippen molar-refractivity contribution in [3.05, 3.63) is 34.9 Å². The molecule has 1 N–H and O–H groups in total. The van der Waals surface area contributed by atoms with Crippen molar-refractivity contribution in [3.63, 3.8) is 0 Å². The maximum atomic E-state index is 3.56. The van der Waals surface area contributed by atoms with E-state index < -0.39 is 0 Å². The van der Waals surface area contributed by atoms with Gasteiger partial charge in [-0.15, -0.1) is 0 Å². The van der Waals surface area contributed by atoms with Crippen LogP contribution in [0.2, 0.25) is 0 Å². The van der Waals surface area contributed by atoms with Gasteiger partial charge in [0.2, 0.25) is 0 Å². The topological polar surface area (TPSA) is 15.3 Å². The van der Waals surface area contributed by atoms with Crippen LogP contribution in [0.4, 0.5) is 0 Å². The van der Waals surface area contributed by atoms with Crippen molar-refractivity contribution in [2.75, 3.05) is 26.2 Å². The van der Waals surface area contributed by atoms with E-state index in [9.17, 15) is 0 Å². The molecule has 1 rings (SSSR count). The smallest absolute Gasteiger partial charge is 0.0210 e. The summed E-state index contributed by atoms with van der Waals surface area (Å²) in [5.74, 6) is 0. The first kappa shape index (κ1) is 15.2. The van der Waals surface area contributed by atoms with E-state index in [-0.39, 0.29) is 0 Å². The maximum Gasteiger partial charge on any atom is 0.0210 e. The van der Waals surface area contributed by atoms with Crippen LogP contribution in [0.1, 0.15) is 37.0 Å². The van der Waals surface area contributed by atoms with E-state index >= 15 is 0 Å². The Hall–Kier alpha value is -0.860. The summed E-state index contributed by atoms with van der Waals surface area (Å²) in [6.07, 6.45) is 1.23. The molecule has 0 spiro atoms. The molecule has 0 atom stereocenters. The van der Waals surface area contributed by atoms with E-state index in [1.165, 1.54) is 29.7 Å². The molecule has 0 aromatic heterocycles. The fourth-order valence-electron chi connectivity index (χ4n) is 2.31. The second-order valence-electron chi connectivity index (χ2n) is 4.93. The largest absolute Gasteiger partial charge is 0.313 e. The fourth-order valence-corrected chi connectivity index (χ4v) is 2.31. The molecule has 18 heavy (non-hydrogen) atoms. The molecule has 0 amide bonds. The second kappa shape index (κ2) is 8.28. The Morgan fingerprint density at radius 3 is 2.22 bits per heavy atom. The predicted octanol–water partition coefficient (Wildman–Crippen LogP) is 3.12. The summed E-state index contributed by atoms with van der Waals surface area (Å²) < 4.78 is 0. The summed E-state index contributed by atoms with van der Waals surface area (Å²) in [6, 6.07) is 6.52. The van der Waals surface area contributed by atoms with E-state index in [0.717, 1.165) is 26.2 Å². The van der Waals surface area contributed by atoms with Gasteiger partial charge in [-0.1, -0.05) is 32.0 Å². The minimum Gasteiger partial charge on any atom is -0.313 e. The van der Waals surface area contributed by atoms with Gasteiger partial charge >= 0.3 is 0 Å². The quantitative estimate of drug-likeness (QED) is 0.711. The maximum absolute atomic E-state index is 3.56. The first-order chi connectivity index (χ1) is 8.69. The van der Waals surface area contributed by atoms with Gasteiger partial charge in [0.05, 0.1) is 0 Å². The molecule has 102 valence electrons. The fraction of sp³-hybridized carbons (Fsp3) is 0.625. The Balaban J connectivity index is 2.26. The molecule has 0 fully saturated rings. The molecule has 1 aromatic carbocycles. The Labute approximate surface area is 112 Å². The Kier molecular flexibility index (Phi) is 6.99. The Morgan fingerprint density at radius 2 is 1.67 bits per heavy atom. The molecule has 0 bridgehead atoms. The van der Waals surface area contributed by atoms with E-state index in [1.54, 1.807) is 0 Å². The highest BCUT2D eigenvalue weighted by Crippen LogP contribution is 2.12. The van der Waals surface area contributed by atoms with Gasteiger partial charge in [-0.2, -0.15) is 0 Å². The number of benzene rings is 1. The molecule has 2 nitrogen and oxygen atoms in total. The third-order valence-electron chi connectivity index (χ3n) is 3.67. The molecule has 0 aliphatic carbocycles. The minimum absolute atomic E-state index is 0.997. The van der Waals surface area contributed by atoms with Crippen LogP contribution in [-0.2, 0) is 6.54 Å². The third kappa shape index (κ3) is 4.79. The SMILES string of the molecule is CCN(CC)CCCNCc1c(C)cccc1C. The van der Waals surface area contributed by atoms with Gasteiger partial charge in [0, 0.05) is 6.54 Å². The van der Waals surface area contributed by atoms with Crippen LogP contribution in [-0.4, -0.2) is 31.1 Å². The lowest BCUT2D eigenvalue weighted by atomic mass is 10.0. The van der Waals surface area contributed by atoms with Gasteiger partial charge in [-0.25, -0.2) is 0 Å². The van der Waals surface area contributed by atoms with Gasteiger partial charge in [0.25, 0.3) is 0 Å². The van der Waals surface area contributed by atoms with Gasteiger partial charge < -0.3 is 10.2 Å². The minimum atomic E-state index is 0.997. The lowest BCUT2D eigenvalue weighted by Crippen LogP contribution is -2.27. The molecule has 0 aliphatic heterocycles. The highest BCUT2D eigenvalue weighted by atomic mass is 15.1. The summed E-state index contributed by atoms with van der Waals surface area (Å²) in [5.41, 5.74) is 4.25. The van der Waals surface area contributed by atoms with Gasteiger partial charge in [-0.05, 0) is 63.1 Å². The number of aryl methyl sites for hydroxylation is 2. The van der Waals surface area contributed by atoms with E-state index in [1.807, 2.05) is 0 Å². The van der Waals surface area contributed by atoms with Crippen LogP contribution >= 0.6 is 0 Å². The van der Waals surface area contributed by atoms with Crippen molar-refractivity contribution < 1.29 is 0 Å². The summed E-state index contributed by atoms with van der Waals surface area (Å²) in [7, 11) is 0. The number of hydrogen-bond acceptors (Lipinski definition) is 2. The molecule has 0 heterocycles. The van der Waals surface area contributed by atoms with E-state index in [4.69, 9.17) is 0 Å². The van der Waals surface area contributed by atoms with Crippen molar-refractivity contribution in [1.82, 2.24) is 10.2 Å². The van der Waals surface area contributed by atoms with Crippen LogP contribution in [0.5, 0.6) is 0 Å². The molecule has 0 radical (unpaired) electrons. The molecule has 0 saturated carbocycles. The number of rotatable bonds is 8. The molecule has 0 unspecified atom stereocenters. The summed E-state index contributed by atoms with van der Waals surface area (Å²) in [6.45, 7) is 14.5. The molecule has 2 heteroatoms. The average Bonchev–Trinajstić information content (AvgIpc) is 2.37. The first-order valence-corrected chi connectivity index (χ1v) is 7.17. The van der Waals surface area contributed by atoms with E-state index in [2.05, 4.69) is 56.1 Å². The lowest BCUT2D eigenvalue weighted by Gasteiger charge is -2.18. The Bertz CT molecular complexity index is 323. The van der Waals surface area contributed by atoms with E-state index in [0.29, 0.717) is 0 Å². The van der Waals surface area contributed by atoms with Crippen molar-refractivity contribution in [2.24, 2.45) is 0 Å². The first-order valence-electron chi connectivity index (χ1n) is 7.17. The molecular weight excluding hydrogens is 220 g/mol. The molecule has 0 aliphatic rings. The molecule has 0 saturated heterocycles. The number of nitrogens with zero attached hydrogens (tertiary/aromatic N) is 1. The monoisotopic (exact) mass is 248 g/mol.